The van der Waals surface area contributed by atoms with Gasteiger partial charge in [-0.3, -0.25) is 4.79 Å². The lowest BCUT2D eigenvalue weighted by molar-refractivity contribution is -0.123. The molecule has 1 fully saturated rings. The molecule has 0 bridgehead atoms. The molecule has 5 heteroatoms. The Bertz CT molecular complexity index is 399. The van der Waals surface area contributed by atoms with E-state index in [1.165, 1.54) is 12.8 Å². The highest BCUT2D eigenvalue weighted by Gasteiger charge is 2.20. The van der Waals surface area contributed by atoms with Crippen molar-refractivity contribution in [1.29, 1.82) is 0 Å². The van der Waals surface area contributed by atoms with Crippen LogP contribution in [0.4, 0.5) is 0 Å². The first-order chi connectivity index (χ1) is 8.65. The Morgan fingerprint density at radius 3 is 2.89 bits per heavy atom. The van der Waals surface area contributed by atoms with E-state index in [9.17, 15) is 4.79 Å². The largest absolute Gasteiger partial charge is 0.352 e. The summed E-state index contributed by atoms with van der Waals surface area (Å²) in [6.45, 7) is 4.55. The van der Waals surface area contributed by atoms with Crippen LogP contribution < -0.4 is 10.6 Å². The molecule has 0 aromatic carbocycles. The van der Waals surface area contributed by atoms with Gasteiger partial charge in [0.25, 0.3) is 0 Å². The molecule has 1 heterocycles. The van der Waals surface area contributed by atoms with Crippen molar-refractivity contribution >= 4 is 17.2 Å². The first-order valence-electron chi connectivity index (χ1n) is 6.60. The second kappa shape index (κ2) is 6.29. The molecule has 1 aliphatic carbocycles. The minimum atomic E-state index is -0.160. The van der Waals surface area contributed by atoms with Crippen LogP contribution in [0.5, 0.6) is 0 Å². The fourth-order valence-corrected chi connectivity index (χ4v) is 2.85. The van der Waals surface area contributed by atoms with Crippen LogP contribution >= 0.6 is 11.3 Å². The van der Waals surface area contributed by atoms with E-state index >= 15 is 0 Å². The molecule has 1 saturated carbocycles. The second-order valence-corrected chi connectivity index (χ2v) is 6.01. The summed E-state index contributed by atoms with van der Waals surface area (Å²) in [6.07, 6.45) is 4.74. The van der Waals surface area contributed by atoms with Gasteiger partial charge in [0.2, 0.25) is 5.91 Å². The van der Waals surface area contributed by atoms with Gasteiger partial charge in [-0.15, -0.1) is 11.3 Å². The summed E-state index contributed by atoms with van der Waals surface area (Å²) >= 11 is 1.64. The van der Waals surface area contributed by atoms with Crippen molar-refractivity contribution in [2.75, 3.05) is 0 Å². The highest BCUT2D eigenvalue weighted by molar-refractivity contribution is 7.09. The number of hydrogen-bond donors (Lipinski definition) is 2. The first kappa shape index (κ1) is 13.5. The van der Waals surface area contributed by atoms with Crippen molar-refractivity contribution in [3.8, 4) is 0 Å². The Morgan fingerprint density at radius 2 is 2.28 bits per heavy atom. The Labute approximate surface area is 112 Å². The lowest BCUT2D eigenvalue weighted by atomic mass is 10.2. The van der Waals surface area contributed by atoms with Crippen molar-refractivity contribution in [1.82, 2.24) is 15.6 Å². The van der Waals surface area contributed by atoms with E-state index < -0.39 is 0 Å². The Kier molecular flexibility index (Phi) is 4.72. The molecule has 2 rings (SSSR count). The molecule has 100 valence electrons. The number of aromatic nitrogens is 1. The van der Waals surface area contributed by atoms with Gasteiger partial charge >= 0.3 is 0 Å². The number of rotatable bonds is 5. The molecule has 2 N–H and O–H groups in total. The third-order valence-electron chi connectivity index (χ3n) is 3.35. The van der Waals surface area contributed by atoms with Crippen LogP contribution in [0.2, 0.25) is 0 Å². The summed E-state index contributed by atoms with van der Waals surface area (Å²) in [7, 11) is 0. The summed E-state index contributed by atoms with van der Waals surface area (Å²) in [6, 6.07) is 0.232. The maximum absolute atomic E-state index is 11.9. The van der Waals surface area contributed by atoms with Gasteiger partial charge in [0.1, 0.15) is 0 Å². The van der Waals surface area contributed by atoms with Gasteiger partial charge in [-0.05, 0) is 26.7 Å². The quantitative estimate of drug-likeness (QED) is 0.858. The predicted octanol–water partition coefficient (Wildman–Crippen LogP) is 1.99. The molecule has 1 aromatic heterocycles. The van der Waals surface area contributed by atoms with E-state index in [0.717, 1.165) is 23.5 Å². The van der Waals surface area contributed by atoms with Crippen molar-refractivity contribution < 1.29 is 4.79 Å². The minimum Gasteiger partial charge on any atom is -0.352 e. The van der Waals surface area contributed by atoms with Crippen LogP contribution in [0.3, 0.4) is 0 Å². The fourth-order valence-electron chi connectivity index (χ4n) is 2.24. The molecule has 0 saturated heterocycles. The Balaban J connectivity index is 1.73. The van der Waals surface area contributed by atoms with Crippen molar-refractivity contribution in [3.05, 3.63) is 16.1 Å². The predicted molar refractivity (Wildman–Crippen MR) is 73.6 cm³/mol. The highest BCUT2D eigenvalue weighted by atomic mass is 32.1. The topological polar surface area (TPSA) is 54.0 Å². The van der Waals surface area contributed by atoms with Crippen LogP contribution in [0.1, 0.15) is 43.3 Å². The van der Waals surface area contributed by atoms with Gasteiger partial charge < -0.3 is 10.6 Å². The maximum Gasteiger partial charge on any atom is 0.237 e. The third kappa shape index (κ3) is 3.78. The van der Waals surface area contributed by atoms with Crippen molar-refractivity contribution in [2.24, 2.45) is 0 Å². The average Bonchev–Trinajstić information content (AvgIpc) is 2.97. The number of carbonyl (C=O) groups is 1. The number of carbonyl (C=O) groups excluding carboxylic acids is 1. The smallest absolute Gasteiger partial charge is 0.237 e. The Hall–Kier alpha value is -0.940. The number of nitrogens with zero attached hydrogens (tertiary/aromatic N) is 1. The number of thiazole rings is 1. The zero-order valence-electron chi connectivity index (χ0n) is 11.0. The first-order valence-corrected chi connectivity index (χ1v) is 7.48. The molecule has 1 aromatic rings. The third-order valence-corrected chi connectivity index (χ3v) is 4.17. The van der Waals surface area contributed by atoms with E-state index in [0.29, 0.717) is 12.6 Å². The maximum atomic E-state index is 11.9. The van der Waals surface area contributed by atoms with Gasteiger partial charge in [-0.1, -0.05) is 12.8 Å². The second-order valence-electron chi connectivity index (χ2n) is 4.95. The molecule has 1 aliphatic rings. The molecule has 18 heavy (non-hydrogen) atoms. The van der Waals surface area contributed by atoms with Gasteiger partial charge in [0.15, 0.2) is 0 Å². The van der Waals surface area contributed by atoms with Crippen LogP contribution in [-0.2, 0) is 11.3 Å². The van der Waals surface area contributed by atoms with Gasteiger partial charge in [-0.2, -0.15) is 0 Å². The van der Waals surface area contributed by atoms with Crippen LogP contribution in [0.15, 0.2) is 5.38 Å². The SMILES string of the molecule is Cc1nc(CNC(C)C(=O)NC2CCCC2)cs1. The molecule has 0 spiro atoms. The molecular weight excluding hydrogens is 246 g/mol. The summed E-state index contributed by atoms with van der Waals surface area (Å²) < 4.78 is 0. The van der Waals surface area contributed by atoms with Crippen LogP contribution in [-0.4, -0.2) is 23.0 Å². The summed E-state index contributed by atoms with van der Waals surface area (Å²) in [5, 5.41) is 9.42. The lowest BCUT2D eigenvalue weighted by Gasteiger charge is -2.17. The van der Waals surface area contributed by atoms with Gasteiger partial charge in [0.05, 0.1) is 16.7 Å². The Morgan fingerprint density at radius 1 is 1.56 bits per heavy atom. The highest BCUT2D eigenvalue weighted by Crippen LogP contribution is 2.17. The number of aryl methyl sites for hydroxylation is 1. The average molecular weight is 267 g/mol. The molecule has 0 aliphatic heterocycles. The monoisotopic (exact) mass is 267 g/mol. The molecule has 1 unspecified atom stereocenters. The number of nitrogens with one attached hydrogen (secondary N) is 2. The summed E-state index contributed by atoms with van der Waals surface area (Å²) in [5.41, 5.74) is 1.01. The van der Waals surface area contributed by atoms with E-state index in [4.69, 9.17) is 0 Å². The molecule has 1 atom stereocenters. The van der Waals surface area contributed by atoms with Gasteiger partial charge in [0, 0.05) is 18.0 Å². The lowest BCUT2D eigenvalue weighted by Crippen LogP contribution is -2.45. The summed E-state index contributed by atoms with van der Waals surface area (Å²) in [5.74, 6) is 0.105. The number of amides is 1. The molecule has 0 radical (unpaired) electrons. The van der Waals surface area contributed by atoms with E-state index in [-0.39, 0.29) is 11.9 Å². The van der Waals surface area contributed by atoms with E-state index in [1.807, 2.05) is 19.2 Å². The fraction of sp³-hybridized carbons (Fsp3) is 0.692. The molecule has 4 nitrogen and oxygen atoms in total. The standard InChI is InChI=1S/C13H21N3OS/c1-9(13(17)16-11-5-3-4-6-11)14-7-12-8-18-10(2)15-12/h8-9,11,14H,3-7H2,1-2H3,(H,16,17). The van der Waals surface area contributed by atoms with E-state index in [2.05, 4.69) is 15.6 Å². The molecular formula is C13H21N3OS. The van der Waals surface area contributed by atoms with Crippen LogP contribution in [0, 0.1) is 6.92 Å². The normalized spacial score (nSPS) is 17.9. The zero-order valence-corrected chi connectivity index (χ0v) is 11.8. The van der Waals surface area contributed by atoms with Crippen molar-refractivity contribution in [3.63, 3.8) is 0 Å². The minimum absolute atomic E-state index is 0.105. The van der Waals surface area contributed by atoms with Crippen molar-refractivity contribution in [2.45, 2.75) is 58.2 Å². The van der Waals surface area contributed by atoms with E-state index in [1.54, 1.807) is 11.3 Å². The molecule has 1 amide bonds. The van der Waals surface area contributed by atoms with Gasteiger partial charge in [-0.25, -0.2) is 4.98 Å². The zero-order chi connectivity index (χ0) is 13.0. The number of hydrogen-bond acceptors (Lipinski definition) is 4. The summed E-state index contributed by atoms with van der Waals surface area (Å²) in [4.78, 5) is 16.3. The van der Waals surface area contributed by atoms with Crippen LogP contribution in [0.25, 0.3) is 0 Å².